The van der Waals surface area contributed by atoms with E-state index in [-0.39, 0.29) is 0 Å². The first-order chi connectivity index (χ1) is 22.8. The standard InChI is InChI=1S/C44H27NS/c1-2-13-33-31(11-1)32-12-3-4-14-34(32)39-27-29(23-26-35(33)39)28-21-24-30(25-22-28)45-40-18-8-5-15-36(40)43-37-16-6-9-19-41(37)46-42-20-10-7-17-38(42)44(43)45/h1-27H. The van der Waals surface area contributed by atoms with Crippen molar-refractivity contribution in [2.45, 2.75) is 9.79 Å². The predicted octanol–water partition coefficient (Wildman–Crippen LogP) is 12.6. The molecular weight excluding hydrogens is 575 g/mol. The minimum absolute atomic E-state index is 1.16. The first-order valence-electron chi connectivity index (χ1n) is 15.8. The van der Waals surface area contributed by atoms with E-state index in [1.165, 1.54) is 86.5 Å². The molecule has 0 amide bonds. The third-order valence-electron chi connectivity index (χ3n) is 9.60. The van der Waals surface area contributed by atoms with Gasteiger partial charge in [0.2, 0.25) is 0 Å². The lowest BCUT2D eigenvalue weighted by molar-refractivity contribution is 1.13. The molecule has 10 rings (SSSR count). The van der Waals surface area contributed by atoms with E-state index in [9.17, 15) is 0 Å². The van der Waals surface area contributed by atoms with E-state index in [2.05, 4.69) is 168 Å². The van der Waals surface area contributed by atoms with Crippen LogP contribution in [0.2, 0.25) is 0 Å². The lowest BCUT2D eigenvalue weighted by Gasteiger charge is -2.15. The largest absolute Gasteiger partial charge is 0.309 e. The fourth-order valence-electron chi connectivity index (χ4n) is 7.56. The maximum atomic E-state index is 2.47. The summed E-state index contributed by atoms with van der Waals surface area (Å²) >= 11 is 1.87. The predicted molar refractivity (Wildman–Crippen MR) is 196 cm³/mol. The van der Waals surface area contributed by atoms with Crippen molar-refractivity contribution in [2.75, 3.05) is 0 Å². The molecule has 0 saturated heterocycles. The average molecular weight is 602 g/mol. The van der Waals surface area contributed by atoms with Gasteiger partial charge in [0.25, 0.3) is 0 Å². The molecule has 2 heterocycles. The molecule has 1 aliphatic rings. The van der Waals surface area contributed by atoms with Crippen molar-refractivity contribution in [2.24, 2.45) is 0 Å². The Morgan fingerprint density at radius 3 is 1.57 bits per heavy atom. The van der Waals surface area contributed by atoms with Crippen LogP contribution in [0.3, 0.4) is 0 Å². The molecule has 0 fully saturated rings. The van der Waals surface area contributed by atoms with Gasteiger partial charge in [-0.3, -0.25) is 0 Å². The first-order valence-corrected chi connectivity index (χ1v) is 16.6. The zero-order valence-corrected chi connectivity index (χ0v) is 25.8. The normalized spacial score (nSPS) is 12.3. The van der Waals surface area contributed by atoms with E-state index in [1.807, 2.05) is 11.8 Å². The molecule has 8 aromatic carbocycles. The highest BCUT2D eigenvalue weighted by Gasteiger charge is 2.27. The molecule has 46 heavy (non-hydrogen) atoms. The highest BCUT2D eigenvalue weighted by Crippen LogP contribution is 2.52. The van der Waals surface area contributed by atoms with Gasteiger partial charge in [-0.2, -0.15) is 0 Å². The van der Waals surface area contributed by atoms with E-state index in [0.717, 1.165) is 5.69 Å². The van der Waals surface area contributed by atoms with Crippen molar-refractivity contribution < 1.29 is 0 Å². The summed E-state index contributed by atoms with van der Waals surface area (Å²) in [5.74, 6) is 0. The number of nitrogens with zero attached hydrogens (tertiary/aromatic N) is 1. The van der Waals surface area contributed by atoms with Gasteiger partial charge in [-0.1, -0.05) is 139 Å². The molecular formula is C44H27NS. The third-order valence-corrected chi connectivity index (χ3v) is 10.7. The Kier molecular flexibility index (Phi) is 5.58. The van der Waals surface area contributed by atoms with Gasteiger partial charge in [-0.15, -0.1) is 0 Å². The number of hydrogen-bond donors (Lipinski definition) is 0. The van der Waals surface area contributed by atoms with Crippen LogP contribution in [-0.2, 0) is 0 Å². The Labute approximate surface area is 271 Å². The third kappa shape index (κ3) is 3.71. The second-order valence-corrected chi connectivity index (χ2v) is 13.2. The number of para-hydroxylation sites is 1. The second-order valence-electron chi connectivity index (χ2n) is 12.1. The molecule has 0 aliphatic carbocycles. The zero-order chi connectivity index (χ0) is 30.2. The summed E-state index contributed by atoms with van der Waals surface area (Å²) in [7, 11) is 0. The van der Waals surface area contributed by atoms with Gasteiger partial charge in [0, 0.05) is 32.0 Å². The van der Waals surface area contributed by atoms with Crippen LogP contribution in [0.15, 0.2) is 174 Å². The highest BCUT2D eigenvalue weighted by atomic mass is 32.2. The van der Waals surface area contributed by atoms with Crippen LogP contribution in [0.1, 0.15) is 0 Å². The molecule has 0 spiro atoms. The Bertz CT molecular complexity index is 2630. The summed E-state index contributed by atoms with van der Waals surface area (Å²) in [6, 6.07) is 60.2. The highest BCUT2D eigenvalue weighted by molar-refractivity contribution is 7.99. The van der Waals surface area contributed by atoms with Crippen molar-refractivity contribution in [3.8, 4) is 39.2 Å². The Morgan fingerprint density at radius 2 is 0.870 bits per heavy atom. The Balaban J connectivity index is 1.18. The van der Waals surface area contributed by atoms with E-state index in [4.69, 9.17) is 0 Å². The van der Waals surface area contributed by atoms with Gasteiger partial charge in [0.1, 0.15) is 0 Å². The molecule has 1 aliphatic heterocycles. The van der Waals surface area contributed by atoms with Gasteiger partial charge in [-0.05, 0) is 85.4 Å². The van der Waals surface area contributed by atoms with E-state index >= 15 is 0 Å². The number of fused-ring (bicyclic) bond motifs is 13. The van der Waals surface area contributed by atoms with E-state index in [1.54, 1.807) is 0 Å². The zero-order valence-electron chi connectivity index (χ0n) is 24.9. The summed E-state index contributed by atoms with van der Waals surface area (Å²) in [6.07, 6.45) is 0. The quantitative estimate of drug-likeness (QED) is 0.178. The van der Waals surface area contributed by atoms with Crippen LogP contribution >= 0.6 is 11.8 Å². The molecule has 0 saturated carbocycles. The molecule has 214 valence electrons. The summed E-state index contributed by atoms with van der Waals surface area (Å²) in [5.41, 5.74) is 9.96. The van der Waals surface area contributed by atoms with Crippen LogP contribution in [0.25, 0.3) is 82.4 Å². The number of rotatable bonds is 2. The van der Waals surface area contributed by atoms with Crippen molar-refractivity contribution >= 4 is 55.0 Å². The maximum absolute atomic E-state index is 2.47. The first kappa shape index (κ1) is 25.7. The van der Waals surface area contributed by atoms with Crippen LogP contribution < -0.4 is 0 Å². The molecule has 0 N–H and O–H groups in total. The van der Waals surface area contributed by atoms with Crippen molar-refractivity contribution in [1.29, 1.82) is 0 Å². The van der Waals surface area contributed by atoms with Gasteiger partial charge < -0.3 is 4.57 Å². The number of benzene rings is 8. The second kappa shape index (κ2) is 9.97. The fourth-order valence-corrected chi connectivity index (χ4v) is 8.64. The summed E-state index contributed by atoms with van der Waals surface area (Å²) in [6.45, 7) is 0. The van der Waals surface area contributed by atoms with Gasteiger partial charge >= 0.3 is 0 Å². The monoisotopic (exact) mass is 601 g/mol. The topological polar surface area (TPSA) is 4.93 Å². The Hall–Kier alpha value is -5.57. The van der Waals surface area contributed by atoms with Crippen LogP contribution in [0.5, 0.6) is 0 Å². The fraction of sp³-hybridized carbons (Fsp3) is 0. The molecule has 0 bridgehead atoms. The lowest BCUT2D eigenvalue weighted by atomic mass is 9.92. The van der Waals surface area contributed by atoms with Gasteiger partial charge in [-0.25, -0.2) is 0 Å². The maximum Gasteiger partial charge on any atom is 0.0631 e. The van der Waals surface area contributed by atoms with Crippen molar-refractivity contribution in [1.82, 2.24) is 4.57 Å². The SMILES string of the molecule is c1ccc2c(c1)Sc1ccccc1-c1c-2c2ccccc2n1-c1ccc(-c2ccc3c4ccccc4c4ccccc4c3c2)cc1. The number of aromatic nitrogens is 1. The lowest BCUT2D eigenvalue weighted by Crippen LogP contribution is -1.98. The summed E-state index contributed by atoms with van der Waals surface area (Å²) in [4.78, 5) is 2.58. The smallest absolute Gasteiger partial charge is 0.0631 e. The van der Waals surface area contributed by atoms with Crippen LogP contribution in [0.4, 0.5) is 0 Å². The number of hydrogen-bond acceptors (Lipinski definition) is 1. The Morgan fingerprint density at radius 1 is 0.370 bits per heavy atom. The summed E-state index contributed by atoms with van der Waals surface area (Å²) in [5, 5.41) is 9.09. The molecule has 2 heteroatoms. The summed E-state index contributed by atoms with van der Waals surface area (Å²) < 4.78 is 2.47. The molecule has 0 atom stereocenters. The van der Waals surface area contributed by atoms with E-state index < -0.39 is 0 Å². The molecule has 0 radical (unpaired) electrons. The van der Waals surface area contributed by atoms with E-state index in [0.29, 0.717) is 0 Å². The van der Waals surface area contributed by atoms with Crippen LogP contribution in [-0.4, -0.2) is 4.57 Å². The van der Waals surface area contributed by atoms with Crippen LogP contribution in [0, 0.1) is 0 Å². The van der Waals surface area contributed by atoms with Crippen molar-refractivity contribution in [3.05, 3.63) is 164 Å². The minimum atomic E-state index is 1.16. The molecule has 9 aromatic rings. The minimum Gasteiger partial charge on any atom is -0.309 e. The van der Waals surface area contributed by atoms with Gasteiger partial charge in [0.05, 0.1) is 11.2 Å². The molecule has 0 unspecified atom stereocenters. The average Bonchev–Trinajstić information content (AvgIpc) is 3.39. The molecule has 1 nitrogen and oxygen atoms in total. The van der Waals surface area contributed by atoms with Gasteiger partial charge in [0.15, 0.2) is 0 Å². The van der Waals surface area contributed by atoms with Crippen molar-refractivity contribution in [3.63, 3.8) is 0 Å². The molecule has 1 aromatic heterocycles.